The number of amides is 2. The van der Waals surface area contributed by atoms with Crippen LogP contribution in [-0.2, 0) is 6.18 Å². The number of hydrogen-bond donors (Lipinski definition) is 2. The standard InChI is InChI=1S/C24H21ClF5N7O2/c1-12(36-39-14-9-18(24(28,29)30)33-19(25)10-14)15-11-32-22(31)34-20(15)13-5-7-37(8-6-13)23(38)35-21-16(26)3-2-4-17(21)27/h2-4,9-11,13H,5-8H2,1H3,(H,35,38)(H2,31,32,34). The van der Waals surface area contributed by atoms with Gasteiger partial charge in [0, 0.05) is 42.9 Å². The Kier molecular flexibility index (Phi) is 8.14. The van der Waals surface area contributed by atoms with Crippen molar-refractivity contribution < 1.29 is 31.6 Å². The number of alkyl halides is 3. The van der Waals surface area contributed by atoms with Crippen LogP contribution in [0.2, 0.25) is 5.15 Å². The van der Waals surface area contributed by atoms with E-state index >= 15 is 0 Å². The number of anilines is 2. The zero-order chi connectivity index (χ0) is 28.3. The minimum Gasteiger partial charge on any atom is -0.368 e. The van der Waals surface area contributed by atoms with Crippen molar-refractivity contribution in [2.45, 2.75) is 31.9 Å². The summed E-state index contributed by atoms with van der Waals surface area (Å²) >= 11 is 5.68. The van der Waals surface area contributed by atoms with Crippen molar-refractivity contribution in [2.75, 3.05) is 24.1 Å². The summed E-state index contributed by atoms with van der Waals surface area (Å²) in [6.45, 7) is 2.05. The third kappa shape index (κ3) is 6.69. The van der Waals surface area contributed by atoms with Gasteiger partial charge in [0.2, 0.25) is 5.95 Å². The molecular weight excluding hydrogens is 549 g/mol. The number of nitrogens with zero attached hydrogens (tertiary/aromatic N) is 5. The van der Waals surface area contributed by atoms with E-state index in [1.54, 1.807) is 6.92 Å². The molecule has 1 aliphatic heterocycles. The van der Waals surface area contributed by atoms with Crippen LogP contribution in [0.5, 0.6) is 5.75 Å². The number of nitrogens with two attached hydrogens (primary N) is 1. The van der Waals surface area contributed by atoms with E-state index in [1.165, 1.54) is 17.2 Å². The summed E-state index contributed by atoms with van der Waals surface area (Å²) in [4.78, 5) is 30.7. The zero-order valence-electron chi connectivity index (χ0n) is 20.3. The molecule has 9 nitrogen and oxygen atoms in total. The number of carbonyl (C=O) groups is 1. The molecule has 0 unspecified atom stereocenters. The molecule has 206 valence electrons. The van der Waals surface area contributed by atoms with E-state index in [1.807, 2.05) is 0 Å². The van der Waals surface area contributed by atoms with Crippen LogP contribution in [0.4, 0.5) is 38.4 Å². The number of rotatable bonds is 5. The Labute approximate surface area is 223 Å². The van der Waals surface area contributed by atoms with E-state index in [-0.39, 0.29) is 36.4 Å². The summed E-state index contributed by atoms with van der Waals surface area (Å²) in [6, 6.07) is 4.37. The molecule has 15 heteroatoms. The van der Waals surface area contributed by atoms with E-state index in [2.05, 4.69) is 25.4 Å². The van der Waals surface area contributed by atoms with Crippen molar-refractivity contribution in [3.05, 3.63) is 70.3 Å². The number of hydrogen-bond acceptors (Lipinski definition) is 7. The highest BCUT2D eigenvalue weighted by Crippen LogP contribution is 2.33. The maximum Gasteiger partial charge on any atom is 0.433 e. The molecule has 1 saturated heterocycles. The van der Waals surface area contributed by atoms with Crippen LogP contribution in [0, 0.1) is 11.6 Å². The van der Waals surface area contributed by atoms with Crippen LogP contribution in [0.15, 0.2) is 41.7 Å². The van der Waals surface area contributed by atoms with Crippen molar-refractivity contribution in [3.63, 3.8) is 0 Å². The Bertz CT molecular complexity index is 1390. The topological polar surface area (TPSA) is 119 Å². The van der Waals surface area contributed by atoms with Gasteiger partial charge in [-0.25, -0.2) is 28.5 Å². The summed E-state index contributed by atoms with van der Waals surface area (Å²) in [5, 5.41) is 5.76. The van der Waals surface area contributed by atoms with Gasteiger partial charge in [0.25, 0.3) is 0 Å². The Morgan fingerprint density at radius 1 is 1.18 bits per heavy atom. The predicted molar refractivity (Wildman–Crippen MR) is 132 cm³/mol. The van der Waals surface area contributed by atoms with Gasteiger partial charge in [0.15, 0.2) is 5.75 Å². The molecule has 3 heterocycles. The van der Waals surface area contributed by atoms with Gasteiger partial charge in [0.1, 0.15) is 28.2 Å². The van der Waals surface area contributed by atoms with Crippen molar-refractivity contribution in [1.82, 2.24) is 19.9 Å². The van der Waals surface area contributed by atoms with Gasteiger partial charge in [-0.3, -0.25) is 0 Å². The van der Waals surface area contributed by atoms with Gasteiger partial charge in [-0.1, -0.05) is 22.8 Å². The molecule has 1 fully saturated rings. The summed E-state index contributed by atoms with van der Waals surface area (Å²) in [7, 11) is 0. The second-order valence-electron chi connectivity index (χ2n) is 8.59. The number of piperidine rings is 1. The summed E-state index contributed by atoms with van der Waals surface area (Å²) in [6.07, 6.45) is -2.45. The third-order valence-corrected chi connectivity index (χ3v) is 6.13. The molecular formula is C24H21ClF5N7O2. The first-order valence-electron chi connectivity index (χ1n) is 11.5. The fourth-order valence-corrected chi connectivity index (χ4v) is 4.20. The minimum atomic E-state index is -4.73. The number of carbonyl (C=O) groups excluding carboxylic acids is 1. The lowest BCUT2D eigenvalue weighted by Crippen LogP contribution is -2.41. The number of likely N-dealkylation sites (tertiary alicyclic amines) is 1. The second kappa shape index (κ2) is 11.4. The molecule has 0 aliphatic carbocycles. The molecule has 1 aromatic carbocycles. The highest BCUT2D eigenvalue weighted by atomic mass is 35.5. The molecule has 3 aromatic rings. The number of nitrogen functional groups attached to an aromatic ring is 1. The molecule has 39 heavy (non-hydrogen) atoms. The molecule has 1 aliphatic rings. The fraction of sp³-hybridized carbons (Fsp3) is 0.292. The molecule has 2 amide bonds. The molecule has 0 atom stereocenters. The number of urea groups is 1. The Morgan fingerprint density at radius 3 is 2.49 bits per heavy atom. The fourth-order valence-electron chi connectivity index (χ4n) is 4.00. The maximum absolute atomic E-state index is 13.9. The lowest BCUT2D eigenvalue weighted by atomic mass is 9.90. The van der Waals surface area contributed by atoms with Crippen LogP contribution in [0.25, 0.3) is 0 Å². The quantitative estimate of drug-likeness (QED) is 0.178. The van der Waals surface area contributed by atoms with Gasteiger partial charge < -0.3 is 20.8 Å². The lowest BCUT2D eigenvalue weighted by molar-refractivity contribution is -0.141. The number of oxime groups is 1. The first-order valence-corrected chi connectivity index (χ1v) is 11.9. The summed E-state index contributed by atoms with van der Waals surface area (Å²) in [5.74, 6) is -2.25. The van der Waals surface area contributed by atoms with Crippen LogP contribution >= 0.6 is 11.6 Å². The van der Waals surface area contributed by atoms with Gasteiger partial charge in [-0.2, -0.15) is 13.2 Å². The Balaban J connectivity index is 1.47. The van der Waals surface area contributed by atoms with Crippen LogP contribution in [0.3, 0.4) is 0 Å². The first-order chi connectivity index (χ1) is 18.4. The second-order valence-corrected chi connectivity index (χ2v) is 8.98. The number of aromatic nitrogens is 3. The average Bonchev–Trinajstić information content (AvgIpc) is 2.88. The summed E-state index contributed by atoms with van der Waals surface area (Å²) in [5.41, 5.74) is 5.24. The van der Waals surface area contributed by atoms with Crippen LogP contribution in [-0.4, -0.2) is 44.7 Å². The van der Waals surface area contributed by atoms with Crippen molar-refractivity contribution in [3.8, 4) is 5.75 Å². The van der Waals surface area contributed by atoms with E-state index in [0.29, 0.717) is 30.2 Å². The molecule has 0 bridgehead atoms. The SMILES string of the molecule is CC(=NOc1cc(Cl)nc(C(F)(F)F)c1)c1cnc(N)nc1C1CCN(C(=O)Nc2c(F)cccc2F)CC1. The molecule has 3 N–H and O–H groups in total. The van der Waals surface area contributed by atoms with Gasteiger partial charge in [0.05, 0.1) is 11.4 Å². The Hall–Kier alpha value is -4.07. The third-order valence-electron chi connectivity index (χ3n) is 5.94. The first kappa shape index (κ1) is 28.0. The highest BCUT2D eigenvalue weighted by Gasteiger charge is 2.33. The monoisotopic (exact) mass is 569 g/mol. The van der Waals surface area contributed by atoms with E-state index in [0.717, 1.165) is 18.2 Å². The van der Waals surface area contributed by atoms with Crippen LogP contribution in [0.1, 0.15) is 42.6 Å². The summed E-state index contributed by atoms with van der Waals surface area (Å²) < 4.78 is 66.9. The molecule has 2 aromatic heterocycles. The predicted octanol–water partition coefficient (Wildman–Crippen LogP) is 5.62. The number of benzene rings is 1. The molecule has 4 rings (SSSR count). The largest absolute Gasteiger partial charge is 0.433 e. The number of halogens is 6. The maximum atomic E-state index is 13.9. The lowest BCUT2D eigenvalue weighted by Gasteiger charge is -2.32. The van der Waals surface area contributed by atoms with Crippen molar-refractivity contribution in [2.24, 2.45) is 5.16 Å². The molecule has 0 radical (unpaired) electrons. The minimum absolute atomic E-state index is 0.00611. The van der Waals surface area contributed by atoms with Crippen LogP contribution < -0.4 is 15.9 Å². The van der Waals surface area contributed by atoms with E-state index in [9.17, 15) is 26.7 Å². The van der Waals surface area contributed by atoms with E-state index in [4.69, 9.17) is 22.2 Å². The van der Waals surface area contributed by atoms with E-state index < -0.39 is 40.4 Å². The van der Waals surface area contributed by atoms with Crippen molar-refractivity contribution >= 4 is 35.0 Å². The Morgan fingerprint density at radius 2 is 1.85 bits per heavy atom. The van der Waals surface area contributed by atoms with Crippen molar-refractivity contribution in [1.29, 1.82) is 0 Å². The number of pyridine rings is 1. The normalized spacial score (nSPS) is 14.8. The number of para-hydroxylation sites is 1. The molecule has 0 saturated carbocycles. The zero-order valence-corrected chi connectivity index (χ0v) is 21.0. The smallest absolute Gasteiger partial charge is 0.368 e. The number of nitrogens with one attached hydrogen (secondary N) is 1. The van der Waals surface area contributed by atoms with Gasteiger partial charge >= 0.3 is 12.2 Å². The van der Waals surface area contributed by atoms with Gasteiger partial charge in [-0.05, 0) is 31.9 Å². The van der Waals surface area contributed by atoms with Gasteiger partial charge in [-0.15, -0.1) is 0 Å². The highest BCUT2D eigenvalue weighted by molar-refractivity contribution is 6.29. The average molecular weight is 570 g/mol. The molecule has 0 spiro atoms.